The number of nitrogens with two attached hydrogens (primary N) is 1. The molecule has 0 saturated carbocycles. The van der Waals surface area contributed by atoms with Gasteiger partial charge < -0.3 is 29.4 Å². The van der Waals surface area contributed by atoms with Crippen molar-refractivity contribution in [3.05, 3.63) is 62.5 Å². The highest BCUT2D eigenvalue weighted by atomic mass is 16.7. The molecule has 1 heterocycles. The molecule has 1 unspecified atom stereocenters. The molecule has 0 bridgehead atoms. The Bertz CT molecular complexity index is 1290. The maximum atomic E-state index is 13.5. The molecule has 2 N–H and O–H groups in total. The summed E-state index contributed by atoms with van der Waals surface area (Å²) in [6.45, 7) is 8.98. The number of esters is 3. The highest BCUT2D eigenvalue weighted by molar-refractivity contribution is 6.01. The number of carbonyl (C=O) groups excluding carboxylic acids is 4. The fraction of sp³-hybridized carbons (Fsp3) is 0.517. The normalized spacial score (nSPS) is 15.9. The zero-order chi connectivity index (χ0) is 32.4. The van der Waals surface area contributed by atoms with Crippen LogP contribution in [-0.2, 0) is 38.1 Å². The van der Waals surface area contributed by atoms with Gasteiger partial charge in [-0.2, -0.15) is 0 Å². The van der Waals surface area contributed by atoms with Crippen molar-refractivity contribution < 1.29 is 47.8 Å². The van der Waals surface area contributed by atoms with Crippen LogP contribution < -0.4 is 5.73 Å². The quantitative estimate of drug-likeness (QED) is 0.0859. The van der Waals surface area contributed by atoms with Gasteiger partial charge in [0.05, 0.1) is 34.7 Å². The van der Waals surface area contributed by atoms with Gasteiger partial charge in [0, 0.05) is 30.6 Å². The predicted molar refractivity (Wildman–Crippen MR) is 152 cm³/mol. The van der Waals surface area contributed by atoms with Crippen LogP contribution in [-0.4, -0.2) is 73.1 Å². The van der Waals surface area contributed by atoms with Crippen molar-refractivity contribution >= 4 is 29.7 Å². The topological polar surface area (TPSA) is 187 Å². The molecule has 1 amide bonds. The van der Waals surface area contributed by atoms with Crippen LogP contribution in [0.4, 0.5) is 10.5 Å². The van der Waals surface area contributed by atoms with Gasteiger partial charge in [0.25, 0.3) is 5.69 Å². The highest BCUT2D eigenvalue weighted by Crippen LogP contribution is 2.44. The maximum absolute atomic E-state index is 13.5. The molecule has 236 valence electrons. The van der Waals surface area contributed by atoms with E-state index in [1.807, 2.05) is 13.8 Å². The number of non-ortho nitro benzene ring substituents is 1. The monoisotopic (exact) mass is 605 g/mol. The molecule has 14 nitrogen and oxygen atoms in total. The average molecular weight is 606 g/mol. The highest BCUT2D eigenvalue weighted by Gasteiger charge is 2.43. The first-order valence-electron chi connectivity index (χ1n) is 13.6. The number of methoxy groups -OCH3 is 1. The van der Waals surface area contributed by atoms with Gasteiger partial charge in [-0.1, -0.05) is 26.0 Å². The van der Waals surface area contributed by atoms with Gasteiger partial charge in [-0.15, -0.1) is 0 Å². The fourth-order valence-electron chi connectivity index (χ4n) is 4.50. The minimum Gasteiger partial charge on any atom is -0.460 e. The van der Waals surface area contributed by atoms with Crippen molar-refractivity contribution in [3.8, 4) is 0 Å². The molecule has 0 radical (unpaired) electrons. The molecule has 43 heavy (non-hydrogen) atoms. The zero-order valence-corrected chi connectivity index (χ0v) is 25.4. The predicted octanol–water partition coefficient (Wildman–Crippen LogP) is 3.69. The van der Waals surface area contributed by atoms with Crippen LogP contribution in [0.3, 0.4) is 0 Å². The number of hydrogen-bond donors (Lipinski definition) is 1. The first kappa shape index (κ1) is 34.9. The van der Waals surface area contributed by atoms with E-state index in [0.717, 1.165) is 4.90 Å². The summed E-state index contributed by atoms with van der Waals surface area (Å²) < 4.78 is 26.0. The molecule has 0 aliphatic carbocycles. The largest absolute Gasteiger partial charge is 0.460 e. The number of ether oxygens (including phenoxy) is 5. The van der Waals surface area contributed by atoms with E-state index >= 15 is 0 Å². The average Bonchev–Trinajstić information content (AvgIpc) is 2.91. The van der Waals surface area contributed by atoms with E-state index in [4.69, 9.17) is 29.4 Å². The Morgan fingerprint density at radius 2 is 1.60 bits per heavy atom. The van der Waals surface area contributed by atoms with E-state index in [1.165, 1.54) is 45.2 Å². The molecule has 0 aromatic heterocycles. The molecule has 1 aromatic rings. The summed E-state index contributed by atoms with van der Waals surface area (Å²) in [7, 11) is 1.41. The molecule has 1 aromatic carbocycles. The third-order valence-electron chi connectivity index (χ3n) is 6.34. The summed E-state index contributed by atoms with van der Waals surface area (Å²) >= 11 is 0. The standard InChI is InChI=1S/C29H39N3O11/c1-16(2)13-22(30)26(33)41-15-42-29(36)31-18(5)23(27(34)40-12-11-39-7)25(20-9-8-10-21(14-20)32(37)38)24(19(31)6)28(35)43-17(3)4/h8-10,14,16-17,22,25H,11-13,15,30H2,1-7H3/t22-,25?/m0/s1. The summed E-state index contributed by atoms with van der Waals surface area (Å²) in [5, 5.41) is 11.6. The van der Waals surface area contributed by atoms with Gasteiger partial charge >= 0.3 is 24.0 Å². The van der Waals surface area contributed by atoms with Crippen LogP contribution in [0, 0.1) is 16.0 Å². The molecule has 1 aliphatic heterocycles. The van der Waals surface area contributed by atoms with E-state index < -0.39 is 53.8 Å². The van der Waals surface area contributed by atoms with Gasteiger partial charge in [0.2, 0.25) is 6.79 Å². The molecule has 1 aliphatic rings. The smallest absolute Gasteiger partial charge is 0.421 e. The van der Waals surface area contributed by atoms with E-state index in [2.05, 4.69) is 0 Å². The third-order valence-corrected chi connectivity index (χ3v) is 6.34. The van der Waals surface area contributed by atoms with E-state index in [1.54, 1.807) is 13.8 Å². The number of nitrogens with zero attached hydrogens (tertiary/aromatic N) is 2. The number of rotatable bonds is 13. The SMILES string of the molecule is COCCOC(=O)C1=C(C)N(C(=O)OCOC(=O)[C@@H](N)CC(C)C)C(C)=C(C(=O)OC(C)C)C1c1cccc([N+](=O)[O-])c1. The van der Waals surface area contributed by atoms with Crippen LogP contribution in [0.25, 0.3) is 0 Å². The number of nitro benzene ring substituents is 1. The van der Waals surface area contributed by atoms with E-state index in [0.29, 0.717) is 6.42 Å². The number of carbonyl (C=O) groups is 4. The Labute approximate surface area is 249 Å². The molecule has 0 saturated heterocycles. The van der Waals surface area contributed by atoms with E-state index in [-0.39, 0.29) is 52.9 Å². The van der Waals surface area contributed by atoms with Crippen molar-refractivity contribution in [2.75, 3.05) is 27.1 Å². The number of allylic oxidation sites excluding steroid dienone is 2. The number of benzene rings is 1. The van der Waals surface area contributed by atoms with Gasteiger partial charge in [-0.05, 0) is 45.6 Å². The Balaban J connectivity index is 2.62. The molecule has 14 heteroatoms. The second-order valence-electron chi connectivity index (χ2n) is 10.4. The first-order chi connectivity index (χ1) is 20.2. The molecule has 2 rings (SSSR count). The molecule has 0 spiro atoms. The van der Waals surface area contributed by atoms with Crippen LogP contribution in [0.15, 0.2) is 46.8 Å². The Morgan fingerprint density at radius 3 is 2.16 bits per heavy atom. The fourth-order valence-corrected chi connectivity index (χ4v) is 4.50. The Morgan fingerprint density at radius 1 is 0.977 bits per heavy atom. The third kappa shape index (κ3) is 9.09. The summed E-state index contributed by atoms with van der Waals surface area (Å²) in [4.78, 5) is 64.5. The lowest BCUT2D eigenvalue weighted by molar-refractivity contribution is -0.384. The van der Waals surface area contributed by atoms with E-state index in [9.17, 15) is 29.3 Å². The molecular formula is C29H39N3O11. The summed E-state index contributed by atoms with van der Waals surface area (Å²) in [6, 6.07) is 4.50. The molecule has 2 atom stereocenters. The van der Waals surface area contributed by atoms with Gasteiger partial charge in [0.15, 0.2) is 0 Å². The second kappa shape index (κ2) is 15.8. The Kier molecular flexibility index (Phi) is 12.8. The van der Waals surface area contributed by atoms with Gasteiger partial charge in [0.1, 0.15) is 12.6 Å². The minimum absolute atomic E-state index is 0.0188. The van der Waals surface area contributed by atoms with Crippen LogP contribution in [0.5, 0.6) is 0 Å². The number of hydrogen-bond acceptors (Lipinski definition) is 12. The second-order valence-corrected chi connectivity index (χ2v) is 10.4. The lowest BCUT2D eigenvalue weighted by Crippen LogP contribution is -2.40. The summed E-state index contributed by atoms with van der Waals surface area (Å²) in [5.41, 5.74) is 5.49. The maximum Gasteiger partial charge on any atom is 0.421 e. The lowest BCUT2D eigenvalue weighted by Gasteiger charge is -2.36. The number of amides is 1. The molecule has 0 fully saturated rings. The first-order valence-corrected chi connectivity index (χ1v) is 13.6. The van der Waals surface area contributed by atoms with Crippen LogP contribution in [0.2, 0.25) is 0 Å². The van der Waals surface area contributed by atoms with Crippen LogP contribution in [0.1, 0.15) is 59.4 Å². The lowest BCUT2D eigenvalue weighted by atomic mass is 9.79. The molecular weight excluding hydrogens is 566 g/mol. The summed E-state index contributed by atoms with van der Waals surface area (Å²) in [5.74, 6) is -3.63. The number of nitro groups is 1. The van der Waals surface area contributed by atoms with Crippen molar-refractivity contribution in [1.29, 1.82) is 0 Å². The van der Waals surface area contributed by atoms with Crippen molar-refractivity contribution in [1.82, 2.24) is 4.90 Å². The minimum atomic E-state index is -1.21. The van der Waals surface area contributed by atoms with Crippen LogP contribution >= 0.6 is 0 Å². The Hall–Kier alpha value is -4.30. The van der Waals surface area contributed by atoms with Gasteiger partial charge in [-0.3, -0.25) is 19.8 Å². The van der Waals surface area contributed by atoms with Crippen molar-refractivity contribution in [3.63, 3.8) is 0 Å². The van der Waals surface area contributed by atoms with Gasteiger partial charge in [-0.25, -0.2) is 14.4 Å². The summed E-state index contributed by atoms with van der Waals surface area (Å²) in [6.07, 6.45) is -1.30. The van der Waals surface area contributed by atoms with Crippen molar-refractivity contribution in [2.45, 2.75) is 66.0 Å². The van der Waals surface area contributed by atoms with Crippen molar-refractivity contribution in [2.24, 2.45) is 11.7 Å². The zero-order valence-electron chi connectivity index (χ0n) is 25.4.